The minimum Gasteiger partial charge on any atom is -0.477 e. The zero-order valence-electron chi connectivity index (χ0n) is 19.2. The number of fused-ring (bicyclic) bond motifs is 1. The second-order valence-electron chi connectivity index (χ2n) is 8.34. The van der Waals surface area contributed by atoms with Crippen LogP contribution in [0.25, 0.3) is 11.0 Å². The van der Waals surface area contributed by atoms with Crippen molar-refractivity contribution in [2.24, 2.45) is 0 Å². The third kappa shape index (κ3) is 4.27. The zero-order chi connectivity index (χ0) is 25.2. The Bertz CT molecular complexity index is 1510. The second-order valence-corrected chi connectivity index (χ2v) is 9.29. The van der Waals surface area contributed by atoms with Gasteiger partial charge in [-0.1, -0.05) is 36.4 Å². The molecule has 1 aliphatic heterocycles. The van der Waals surface area contributed by atoms with E-state index in [2.05, 4.69) is 4.98 Å². The van der Waals surface area contributed by atoms with E-state index in [0.717, 1.165) is 4.57 Å². The highest BCUT2D eigenvalue weighted by atomic mass is 32.1. The summed E-state index contributed by atoms with van der Waals surface area (Å²) < 4.78 is 1.13. The summed E-state index contributed by atoms with van der Waals surface area (Å²) >= 11 is 1.37. The molecule has 182 valence electrons. The largest absolute Gasteiger partial charge is 0.477 e. The van der Waals surface area contributed by atoms with Gasteiger partial charge in [-0.2, -0.15) is 0 Å². The molecule has 36 heavy (non-hydrogen) atoms. The van der Waals surface area contributed by atoms with Crippen molar-refractivity contribution in [1.82, 2.24) is 14.5 Å². The van der Waals surface area contributed by atoms with Crippen molar-refractivity contribution < 1.29 is 19.5 Å². The number of thiophene rings is 1. The summed E-state index contributed by atoms with van der Waals surface area (Å²) in [5, 5.41) is 12.4. The SMILES string of the molecule is O=C(Cn1c(=O)c(C(=O)O)c(N2CCN(C(=O)c3cccs3)CC2)c2cccnc21)c1ccccc1. The van der Waals surface area contributed by atoms with Crippen LogP contribution >= 0.6 is 11.3 Å². The van der Waals surface area contributed by atoms with E-state index in [9.17, 15) is 24.3 Å². The Balaban J connectivity index is 1.53. The highest BCUT2D eigenvalue weighted by Crippen LogP contribution is 2.29. The molecule has 1 N–H and O–H groups in total. The lowest BCUT2D eigenvalue weighted by molar-refractivity contribution is 0.0690. The van der Waals surface area contributed by atoms with Crippen molar-refractivity contribution in [3.05, 3.63) is 92.5 Å². The number of aromatic carboxylic acids is 1. The van der Waals surface area contributed by atoms with Crippen LogP contribution in [0.4, 0.5) is 5.69 Å². The maximum absolute atomic E-state index is 13.5. The smallest absolute Gasteiger partial charge is 0.343 e. The number of aromatic nitrogens is 2. The van der Waals surface area contributed by atoms with Crippen molar-refractivity contribution in [1.29, 1.82) is 0 Å². The Hall–Kier alpha value is -4.31. The van der Waals surface area contributed by atoms with Crippen LogP contribution in [0.15, 0.2) is 71.0 Å². The Morgan fingerprint density at radius 2 is 1.69 bits per heavy atom. The number of nitrogens with zero attached hydrogens (tertiary/aromatic N) is 4. The summed E-state index contributed by atoms with van der Waals surface area (Å²) in [7, 11) is 0. The van der Waals surface area contributed by atoms with E-state index in [1.54, 1.807) is 53.4 Å². The van der Waals surface area contributed by atoms with Crippen LogP contribution in [0.3, 0.4) is 0 Å². The Morgan fingerprint density at radius 1 is 0.944 bits per heavy atom. The fraction of sp³-hybridized carbons (Fsp3) is 0.192. The number of pyridine rings is 2. The number of benzene rings is 1. The Labute approximate surface area is 209 Å². The lowest BCUT2D eigenvalue weighted by Crippen LogP contribution is -2.49. The van der Waals surface area contributed by atoms with Gasteiger partial charge in [0.15, 0.2) is 5.78 Å². The summed E-state index contributed by atoms with van der Waals surface area (Å²) in [4.78, 5) is 60.0. The van der Waals surface area contributed by atoms with E-state index >= 15 is 0 Å². The standard InChI is InChI=1S/C26H22N4O5S/c31-19(17-6-2-1-3-7-17)16-30-23-18(8-4-10-27-23)22(21(25(30)33)26(34)35)28-11-13-29(14-12-28)24(32)20-9-5-15-36-20/h1-10,15H,11-14,16H2,(H,34,35). The maximum atomic E-state index is 13.5. The first-order valence-corrected chi connectivity index (χ1v) is 12.2. The van der Waals surface area contributed by atoms with Gasteiger partial charge in [0, 0.05) is 43.3 Å². The Morgan fingerprint density at radius 3 is 2.36 bits per heavy atom. The average Bonchev–Trinajstić information content (AvgIpc) is 3.45. The molecule has 1 aliphatic rings. The van der Waals surface area contributed by atoms with E-state index in [4.69, 9.17) is 0 Å². The summed E-state index contributed by atoms with van der Waals surface area (Å²) in [5.41, 5.74) is -0.272. The zero-order valence-corrected chi connectivity index (χ0v) is 20.0. The predicted molar refractivity (Wildman–Crippen MR) is 136 cm³/mol. The molecule has 0 aliphatic carbocycles. The summed E-state index contributed by atoms with van der Waals surface area (Å²) in [6, 6.07) is 15.5. The van der Waals surface area contributed by atoms with E-state index in [1.807, 2.05) is 16.3 Å². The molecule has 9 nitrogen and oxygen atoms in total. The number of Topliss-reactive ketones (excluding diaryl/α,β-unsaturated/α-hetero) is 1. The Kier molecular flexibility index (Phi) is 6.34. The molecule has 0 unspecified atom stereocenters. The van der Waals surface area contributed by atoms with Gasteiger partial charge >= 0.3 is 5.97 Å². The lowest BCUT2D eigenvalue weighted by atomic mass is 10.1. The first kappa shape index (κ1) is 23.4. The molecule has 10 heteroatoms. The van der Waals surface area contributed by atoms with Gasteiger partial charge in [-0.25, -0.2) is 9.78 Å². The fourth-order valence-electron chi connectivity index (χ4n) is 4.48. The maximum Gasteiger partial charge on any atom is 0.343 e. The van der Waals surface area contributed by atoms with Crippen molar-refractivity contribution >= 4 is 45.7 Å². The van der Waals surface area contributed by atoms with Gasteiger partial charge in [-0.05, 0) is 23.6 Å². The third-order valence-corrected chi connectivity index (χ3v) is 7.08. The molecule has 1 amide bonds. The molecule has 0 saturated carbocycles. The minimum atomic E-state index is -1.38. The first-order chi connectivity index (χ1) is 17.5. The average molecular weight is 503 g/mol. The van der Waals surface area contributed by atoms with E-state index in [-0.39, 0.29) is 29.6 Å². The van der Waals surface area contributed by atoms with Gasteiger partial charge in [0.05, 0.1) is 17.1 Å². The molecular weight excluding hydrogens is 480 g/mol. The molecule has 1 fully saturated rings. The van der Waals surface area contributed by atoms with Crippen LogP contribution < -0.4 is 10.5 Å². The topological polar surface area (TPSA) is 113 Å². The molecule has 3 aromatic heterocycles. The number of carboxylic acid groups (broad SMARTS) is 1. The van der Waals surface area contributed by atoms with Gasteiger partial charge in [-0.15, -0.1) is 11.3 Å². The van der Waals surface area contributed by atoms with Crippen LogP contribution in [0, 0.1) is 0 Å². The lowest BCUT2D eigenvalue weighted by Gasteiger charge is -2.37. The molecule has 0 atom stereocenters. The summed E-state index contributed by atoms with van der Waals surface area (Å²) in [5.74, 6) is -1.77. The van der Waals surface area contributed by atoms with Gasteiger partial charge in [0.1, 0.15) is 11.2 Å². The summed E-state index contributed by atoms with van der Waals surface area (Å²) in [6.45, 7) is 1.14. The number of carboxylic acids is 1. The molecule has 4 heterocycles. The van der Waals surface area contributed by atoms with Gasteiger partial charge in [-0.3, -0.25) is 19.0 Å². The van der Waals surface area contributed by atoms with Crippen molar-refractivity contribution in [3.8, 4) is 0 Å². The van der Waals surface area contributed by atoms with E-state index in [0.29, 0.717) is 42.0 Å². The number of carbonyl (C=O) groups excluding carboxylic acids is 2. The fourth-order valence-corrected chi connectivity index (χ4v) is 5.17. The van der Waals surface area contributed by atoms with E-state index < -0.39 is 17.1 Å². The number of ketones is 1. The number of rotatable bonds is 6. The van der Waals surface area contributed by atoms with Gasteiger partial charge < -0.3 is 14.9 Å². The number of piperazine rings is 1. The quantitative estimate of drug-likeness (QED) is 0.403. The highest BCUT2D eigenvalue weighted by Gasteiger charge is 2.30. The normalized spacial score (nSPS) is 13.7. The van der Waals surface area contributed by atoms with Crippen molar-refractivity contribution in [3.63, 3.8) is 0 Å². The molecule has 0 spiro atoms. The third-order valence-electron chi connectivity index (χ3n) is 6.22. The number of amides is 1. The van der Waals surface area contributed by atoms with Crippen LogP contribution in [0.5, 0.6) is 0 Å². The van der Waals surface area contributed by atoms with Gasteiger partial charge in [0.25, 0.3) is 11.5 Å². The predicted octanol–water partition coefficient (Wildman–Crippen LogP) is 3.00. The number of carbonyl (C=O) groups is 3. The summed E-state index contributed by atoms with van der Waals surface area (Å²) in [6.07, 6.45) is 1.51. The highest BCUT2D eigenvalue weighted by molar-refractivity contribution is 7.12. The molecule has 0 radical (unpaired) electrons. The molecule has 4 aromatic rings. The van der Waals surface area contributed by atoms with Crippen LogP contribution in [-0.4, -0.2) is 63.4 Å². The molecule has 5 rings (SSSR count). The van der Waals surface area contributed by atoms with Crippen molar-refractivity contribution in [2.45, 2.75) is 6.54 Å². The first-order valence-electron chi connectivity index (χ1n) is 11.4. The molecule has 1 aromatic carbocycles. The number of anilines is 1. The monoisotopic (exact) mass is 502 g/mol. The molecular formula is C26H22N4O5S. The minimum absolute atomic E-state index is 0.0653. The van der Waals surface area contributed by atoms with Gasteiger partial charge in [0.2, 0.25) is 0 Å². The van der Waals surface area contributed by atoms with Crippen LogP contribution in [0.2, 0.25) is 0 Å². The van der Waals surface area contributed by atoms with Crippen LogP contribution in [-0.2, 0) is 6.54 Å². The second kappa shape index (κ2) is 9.74. The molecule has 0 bridgehead atoms. The molecule has 1 saturated heterocycles. The van der Waals surface area contributed by atoms with Crippen LogP contribution in [0.1, 0.15) is 30.4 Å². The number of hydrogen-bond donors (Lipinski definition) is 1. The van der Waals surface area contributed by atoms with E-state index in [1.165, 1.54) is 17.5 Å². The number of hydrogen-bond acceptors (Lipinski definition) is 7. The van der Waals surface area contributed by atoms with Crippen molar-refractivity contribution in [2.75, 3.05) is 31.1 Å².